The second kappa shape index (κ2) is 8.05. The van der Waals surface area contributed by atoms with E-state index in [4.69, 9.17) is 0 Å². The van der Waals surface area contributed by atoms with Crippen LogP contribution >= 0.6 is 0 Å². The zero-order valence-corrected chi connectivity index (χ0v) is 9.02. The third-order valence-corrected chi connectivity index (χ3v) is 1.92. The molecule has 0 rings (SSSR count). The molecule has 0 fully saturated rings. The van der Waals surface area contributed by atoms with Gasteiger partial charge in [0.15, 0.2) is 0 Å². The number of hydrogen-bond acceptors (Lipinski definition) is 2. The van der Waals surface area contributed by atoms with Crippen molar-refractivity contribution in [1.29, 1.82) is 0 Å². The highest BCUT2D eigenvalue weighted by molar-refractivity contribution is 5.81. The predicted octanol–water partition coefficient (Wildman–Crippen LogP) is 1.29. The summed E-state index contributed by atoms with van der Waals surface area (Å²) in [5, 5.41) is 6.04. The second-order valence-corrected chi connectivity index (χ2v) is 3.32. The van der Waals surface area contributed by atoms with Crippen LogP contribution in [0.4, 0.5) is 0 Å². The first-order valence-electron chi connectivity index (χ1n) is 5.23. The maximum absolute atomic E-state index is 11.4. The quantitative estimate of drug-likeness (QED) is 0.588. The molecule has 78 valence electrons. The lowest BCUT2D eigenvalue weighted by molar-refractivity contribution is -0.122. The first-order valence-corrected chi connectivity index (χ1v) is 5.23. The molecule has 0 radical (unpaired) electrons. The Kier molecular flexibility index (Phi) is 7.69. The predicted molar refractivity (Wildman–Crippen MR) is 55.7 cm³/mol. The molecule has 0 bridgehead atoms. The molecule has 0 aliphatic carbocycles. The lowest BCUT2D eigenvalue weighted by atomic mass is 10.3. The van der Waals surface area contributed by atoms with E-state index in [1.54, 1.807) is 0 Å². The summed E-state index contributed by atoms with van der Waals surface area (Å²) < 4.78 is 0. The van der Waals surface area contributed by atoms with Gasteiger partial charge < -0.3 is 10.6 Å². The van der Waals surface area contributed by atoms with Gasteiger partial charge in [0.2, 0.25) is 5.91 Å². The molecule has 0 saturated carbocycles. The van der Waals surface area contributed by atoms with Gasteiger partial charge in [0.1, 0.15) is 0 Å². The summed E-state index contributed by atoms with van der Waals surface area (Å²) >= 11 is 0. The van der Waals surface area contributed by atoms with Crippen molar-refractivity contribution in [2.45, 2.75) is 46.1 Å². The van der Waals surface area contributed by atoms with Crippen LogP contribution in [0.1, 0.15) is 40.0 Å². The van der Waals surface area contributed by atoms with Crippen molar-refractivity contribution in [2.75, 3.05) is 13.1 Å². The Balaban J connectivity index is 3.45. The molecule has 0 heterocycles. The highest BCUT2D eigenvalue weighted by Crippen LogP contribution is 1.86. The smallest absolute Gasteiger partial charge is 0.236 e. The van der Waals surface area contributed by atoms with E-state index < -0.39 is 0 Å². The second-order valence-electron chi connectivity index (χ2n) is 3.32. The van der Waals surface area contributed by atoms with Gasteiger partial charge in [0.25, 0.3) is 0 Å². The first kappa shape index (κ1) is 12.4. The fraction of sp³-hybridized carbons (Fsp3) is 0.900. The molecule has 0 aromatic carbocycles. The van der Waals surface area contributed by atoms with Gasteiger partial charge in [-0.05, 0) is 26.3 Å². The van der Waals surface area contributed by atoms with Crippen LogP contribution in [0.25, 0.3) is 0 Å². The molecule has 0 aliphatic rings. The Bertz CT molecular complexity index is 137. The molecule has 0 aromatic heterocycles. The minimum Gasteiger partial charge on any atom is -0.355 e. The van der Waals surface area contributed by atoms with Gasteiger partial charge in [-0.1, -0.05) is 20.3 Å². The summed E-state index contributed by atoms with van der Waals surface area (Å²) in [5.74, 6) is 0.113. The number of hydrogen-bond donors (Lipinski definition) is 2. The number of carbonyl (C=O) groups excluding carboxylic acids is 1. The van der Waals surface area contributed by atoms with Crippen molar-refractivity contribution in [3.8, 4) is 0 Å². The normalized spacial score (nSPS) is 12.5. The first-order chi connectivity index (χ1) is 6.22. The van der Waals surface area contributed by atoms with Gasteiger partial charge in [-0.3, -0.25) is 4.79 Å². The third-order valence-electron chi connectivity index (χ3n) is 1.92. The van der Waals surface area contributed by atoms with Crippen molar-refractivity contribution in [2.24, 2.45) is 0 Å². The van der Waals surface area contributed by atoms with Crippen LogP contribution in [0.15, 0.2) is 0 Å². The molecule has 0 spiro atoms. The molecule has 3 nitrogen and oxygen atoms in total. The Morgan fingerprint density at radius 1 is 1.23 bits per heavy atom. The van der Waals surface area contributed by atoms with Crippen molar-refractivity contribution < 1.29 is 4.79 Å². The topological polar surface area (TPSA) is 41.1 Å². The molecular weight excluding hydrogens is 164 g/mol. The zero-order chi connectivity index (χ0) is 10.1. The number of nitrogens with one attached hydrogen (secondary N) is 2. The molecular formula is C10H22N2O. The zero-order valence-electron chi connectivity index (χ0n) is 9.02. The van der Waals surface area contributed by atoms with E-state index in [1.807, 2.05) is 6.92 Å². The Labute approximate surface area is 81.3 Å². The maximum Gasteiger partial charge on any atom is 0.236 e. The standard InChI is InChI=1S/C10H22N2O/c1-4-6-8-12-10(13)9(3)11-7-5-2/h9,11H,4-8H2,1-3H3,(H,12,13). The van der Waals surface area contributed by atoms with Gasteiger partial charge in [-0.15, -0.1) is 0 Å². The van der Waals surface area contributed by atoms with Gasteiger partial charge in [-0.2, -0.15) is 0 Å². The van der Waals surface area contributed by atoms with Crippen molar-refractivity contribution in [1.82, 2.24) is 10.6 Å². The van der Waals surface area contributed by atoms with E-state index in [1.165, 1.54) is 0 Å². The van der Waals surface area contributed by atoms with Crippen LogP contribution < -0.4 is 10.6 Å². The molecule has 2 N–H and O–H groups in total. The van der Waals surface area contributed by atoms with E-state index in [0.717, 1.165) is 32.4 Å². The molecule has 1 amide bonds. The average molecular weight is 186 g/mol. The number of rotatable bonds is 7. The Morgan fingerprint density at radius 2 is 1.92 bits per heavy atom. The van der Waals surface area contributed by atoms with Crippen LogP contribution in [0.3, 0.4) is 0 Å². The summed E-state index contributed by atoms with van der Waals surface area (Å²) in [7, 11) is 0. The summed E-state index contributed by atoms with van der Waals surface area (Å²) in [6.45, 7) is 7.81. The average Bonchev–Trinajstić information content (AvgIpc) is 2.14. The van der Waals surface area contributed by atoms with E-state index >= 15 is 0 Å². The summed E-state index contributed by atoms with van der Waals surface area (Å²) in [4.78, 5) is 11.4. The van der Waals surface area contributed by atoms with E-state index in [9.17, 15) is 4.79 Å². The van der Waals surface area contributed by atoms with Crippen molar-refractivity contribution >= 4 is 5.91 Å². The van der Waals surface area contributed by atoms with Gasteiger partial charge in [-0.25, -0.2) is 0 Å². The van der Waals surface area contributed by atoms with Crippen LogP contribution in [0.2, 0.25) is 0 Å². The van der Waals surface area contributed by atoms with E-state index in [2.05, 4.69) is 24.5 Å². The molecule has 13 heavy (non-hydrogen) atoms. The molecule has 0 aliphatic heterocycles. The van der Waals surface area contributed by atoms with Crippen molar-refractivity contribution in [3.63, 3.8) is 0 Å². The summed E-state index contributed by atoms with van der Waals surface area (Å²) in [6.07, 6.45) is 3.25. The number of carbonyl (C=O) groups is 1. The largest absolute Gasteiger partial charge is 0.355 e. The lowest BCUT2D eigenvalue weighted by Gasteiger charge is -2.12. The lowest BCUT2D eigenvalue weighted by Crippen LogP contribution is -2.42. The van der Waals surface area contributed by atoms with Crippen LogP contribution in [0, 0.1) is 0 Å². The monoisotopic (exact) mass is 186 g/mol. The molecule has 0 aromatic rings. The summed E-state index contributed by atoms with van der Waals surface area (Å²) in [5.41, 5.74) is 0. The fourth-order valence-corrected chi connectivity index (χ4v) is 0.995. The summed E-state index contributed by atoms with van der Waals surface area (Å²) in [6, 6.07) is -0.0585. The van der Waals surface area contributed by atoms with Gasteiger partial charge >= 0.3 is 0 Å². The Morgan fingerprint density at radius 3 is 2.46 bits per heavy atom. The molecule has 1 atom stereocenters. The van der Waals surface area contributed by atoms with Crippen LogP contribution in [-0.2, 0) is 4.79 Å². The van der Waals surface area contributed by atoms with E-state index in [-0.39, 0.29) is 11.9 Å². The number of amides is 1. The maximum atomic E-state index is 11.4. The highest BCUT2D eigenvalue weighted by Gasteiger charge is 2.09. The van der Waals surface area contributed by atoms with Gasteiger partial charge in [0.05, 0.1) is 6.04 Å². The molecule has 0 saturated heterocycles. The van der Waals surface area contributed by atoms with Crippen molar-refractivity contribution in [3.05, 3.63) is 0 Å². The molecule has 1 unspecified atom stereocenters. The molecule has 3 heteroatoms. The number of unbranched alkanes of at least 4 members (excludes halogenated alkanes) is 1. The highest BCUT2D eigenvalue weighted by atomic mass is 16.2. The van der Waals surface area contributed by atoms with Crippen LogP contribution in [0.5, 0.6) is 0 Å². The van der Waals surface area contributed by atoms with E-state index in [0.29, 0.717) is 0 Å². The fourth-order valence-electron chi connectivity index (χ4n) is 0.995. The third kappa shape index (κ3) is 6.58. The van der Waals surface area contributed by atoms with Crippen LogP contribution in [-0.4, -0.2) is 25.0 Å². The minimum atomic E-state index is -0.0585. The Hall–Kier alpha value is -0.570. The SMILES string of the molecule is CCCCNC(=O)C(C)NCCC. The van der Waals surface area contributed by atoms with Gasteiger partial charge in [0, 0.05) is 6.54 Å². The minimum absolute atomic E-state index is 0.0585.